The lowest BCUT2D eigenvalue weighted by atomic mass is 9.77. The quantitative estimate of drug-likeness (QED) is 0.512. The van der Waals surface area contributed by atoms with Crippen molar-refractivity contribution in [3.63, 3.8) is 0 Å². The van der Waals surface area contributed by atoms with Gasteiger partial charge in [0.1, 0.15) is 0 Å². The van der Waals surface area contributed by atoms with Gasteiger partial charge in [-0.15, -0.1) is 0 Å². The summed E-state index contributed by atoms with van der Waals surface area (Å²) in [4.78, 5) is 28.3. The summed E-state index contributed by atoms with van der Waals surface area (Å²) in [6.45, 7) is 3.67. The molecular weight excluding hydrogens is 405 g/mol. The Morgan fingerprint density at radius 3 is 2.27 bits per heavy atom. The first kappa shape index (κ1) is 19.6. The minimum atomic E-state index is -3.96. The lowest BCUT2D eigenvalue weighted by Gasteiger charge is -2.37. The number of benzene rings is 2. The summed E-state index contributed by atoms with van der Waals surface area (Å²) < 4.78 is 31.8. The fourth-order valence-electron chi connectivity index (χ4n) is 5.09. The van der Waals surface area contributed by atoms with E-state index >= 15 is 0 Å². The normalized spacial score (nSPS) is 29.4. The van der Waals surface area contributed by atoms with Gasteiger partial charge in [-0.3, -0.25) is 14.2 Å². The van der Waals surface area contributed by atoms with Crippen LogP contribution in [0.25, 0.3) is 0 Å². The van der Waals surface area contributed by atoms with Crippen LogP contribution in [0, 0.1) is 11.8 Å². The van der Waals surface area contributed by atoms with Gasteiger partial charge in [-0.1, -0.05) is 42.5 Å². The maximum atomic E-state index is 14.1. The number of carbonyl (C=O) groups excluding carboxylic acids is 2. The number of nitrogens with zero attached hydrogens (tertiary/aromatic N) is 1. The highest BCUT2D eigenvalue weighted by Gasteiger charge is 2.78. The maximum Gasteiger partial charge on any atom is 0.367 e. The first-order chi connectivity index (χ1) is 14.5. The van der Waals surface area contributed by atoms with Gasteiger partial charge in [0.15, 0.2) is 0 Å². The summed E-state index contributed by atoms with van der Waals surface area (Å²) in [6.07, 6.45) is -0.675. The Balaban J connectivity index is 1.73. The number of imide groups is 1. The molecule has 30 heavy (non-hydrogen) atoms. The molecule has 156 valence electrons. The van der Waals surface area contributed by atoms with Crippen molar-refractivity contribution < 1.29 is 27.9 Å². The second-order valence-electron chi connectivity index (χ2n) is 7.51. The van der Waals surface area contributed by atoms with Crippen LogP contribution in [0.15, 0.2) is 54.6 Å². The van der Waals surface area contributed by atoms with Gasteiger partial charge in [0.25, 0.3) is 0 Å². The number of amides is 2. The van der Waals surface area contributed by atoms with Crippen molar-refractivity contribution in [2.45, 2.75) is 25.3 Å². The molecule has 3 aliphatic heterocycles. The third-order valence-corrected chi connectivity index (χ3v) is 8.71. The van der Waals surface area contributed by atoms with E-state index in [4.69, 9.17) is 13.8 Å². The summed E-state index contributed by atoms with van der Waals surface area (Å²) in [6, 6.07) is 16.1. The Bertz CT molecular complexity index is 1060. The van der Waals surface area contributed by atoms with Crippen molar-refractivity contribution in [3.8, 4) is 0 Å². The van der Waals surface area contributed by atoms with E-state index in [2.05, 4.69) is 0 Å². The fourth-order valence-corrected chi connectivity index (χ4v) is 7.58. The average molecular weight is 427 g/mol. The highest BCUT2D eigenvalue weighted by molar-refractivity contribution is 7.55. The van der Waals surface area contributed by atoms with Crippen LogP contribution in [0.5, 0.6) is 0 Å². The molecule has 4 atom stereocenters. The number of fused-ring (bicyclic) bond motifs is 8. The lowest BCUT2D eigenvalue weighted by molar-refractivity contribution is -0.127. The van der Waals surface area contributed by atoms with Crippen LogP contribution in [0.1, 0.15) is 31.1 Å². The number of hydrogen-bond donors (Lipinski definition) is 0. The van der Waals surface area contributed by atoms with Crippen molar-refractivity contribution >= 4 is 25.1 Å². The number of anilines is 1. The molecule has 0 N–H and O–H groups in total. The van der Waals surface area contributed by atoms with Crippen LogP contribution in [0.4, 0.5) is 5.69 Å². The van der Waals surface area contributed by atoms with Gasteiger partial charge in [-0.05, 0) is 31.5 Å². The SMILES string of the molecule is CCOP(=O)(OCC)[C@@]12O[C@@H](c3ccccc31)[C@H]1C(=O)N(c3ccccc3)C(=O)[C@H]12. The first-order valence-electron chi connectivity index (χ1n) is 10.1. The van der Waals surface area contributed by atoms with Crippen LogP contribution < -0.4 is 4.90 Å². The molecule has 0 spiro atoms. The molecule has 3 aliphatic rings. The lowest BCUT2D eigenvalue weighted by Crippen LogP contribution is -2.41. The fraction of sp³-hybridized carbons (Fsp3) is 0.364. The van der Waals surface area contributed by atoms with E-state index in [-0.39, 0.29) is 19.1 Å². The molecule has 0 unspecified atom stereocenters. The van der Waals surface area contributed by atoms with Gasteiger partial charge in [-0.25, -0.2) is 4.90 Å². The molecule has 0 aliphatic carbocycles. The molecule has 2 amide bonds. The molecular formula is C22H22NO6P. The summed E-state index contributed by atoms with van der Waals surface area (Å²) in [5, 5.41) is -1.64. The van der Waals surface area contributed by atoms with Crippen LogP contribution in [0.3, 0.4) is 0 Å². The number of hydrogen-bond acceptors (Lipinski definition) is 6. The Morgan fingerprint density at radius 2 is 1.60 bits per heavy atom. The van der Waals surface area contributed by atoms with E-state index in [1.54, 1.807) is 50.2 Å². The molecule has 0 aromatic heterocycles. The van der Waals surface area contributed by atoms with Gasteiger partial charge >= 0.3 is 7.60 Å². The topological polar surface area (TPSA) is 82.1 Å². The van der Waals surface area contributed by atoms with Crippen LogP contribution in [-0.2, 0) is 33.3 Å². The third kappa shape index (κ3) is 2.29. The van der Waals surface area contributed by atoms with E-state index in [1.165, 1.54) is 4.90 Å². The molecule has 5 rings (SSSR count). The molecule has 2 bridgehead atoms. The van der Waals surface area contributed by atoms with E-state index < -0.39 is 36.8 Å². The van der Waals surface area contributed by atoms with Crippen LogP contribution >= 0.6 is 7.60 Å². The third-order valence-electron chi connectivity index (χ3n) is 6.08. The van der Waals surface area contributed by atoms with Crippen LogP contribution in [-0.4, -0.2) is 25.0 Å². The van der Waals surface area contributed by atoms with E-state index in [0.717, 1.165) is 5.56 Å². The molecule has 8 heteroatoms. The largest absolute Gasteiger partial charge is 0.367 e. The number of carbonyl (C=O) groups is 2. The molecule has 2 aromatic carbocycles. The Morgan fingerprint density at radius 1 is 0.967 bits per heavy atom. The van der Waals surface area contributed by atoms with E-state index in [0.29, 0.717) is 11.3 Å². The standard InChI is InChI=1S/C22H22NO6P/c1-3-27-30(26,28-4-2)22-16-13-9-8-12-15(16)19(29-22)17-18(22)21(25)23(20(17)24)14-10-6-5-7-11-14/h5-13,17-19H,3-4H2,1-2H3/t17-,18-,19-,22-/m0/s1. The molecule has 3 heterocycles. The Labute approximate surface area is 174 Å². The van der Waals surface area contributed by atoms with Gasteiger partial charge in [0, 0.05) is 5.56 Å². The molecule has 2 saturated heterocycles. The number of ether oxygens (including phenoxy) is 1. The van der Waals surface area contributed by atoms with E-state index in [1.807, 2.05) is 18.2 Å². The second kappa shape index (κ2) is 6.86. The predicted molar refractivity (Wildman–Crippen MR) is 109 cm³/mol. The Kier molecular flexibility index (Phi) is 4.49. The molecule has 0 radical (unpaired) electrons. The average Bonchev–Trinajstić information content (AvgIpc) is 3.37. The molecule has 7 nitrogen and oxygen atoms in total. The molecule has 0 saturated carbocycles. The van der Waals surface area contributed by atoms with E-state index in [9.17, 15) is 14.2 Å². The van der Waals surface area contributed by atoms with Gasteiger partial charge in [0.2, 0.25) is 17.2 Å². The molecule has 2 fully saturated rings. The van der Waals surface area contributed by atoms with Gasteiger partial charge in [0.05, 0.1) is 36.8 Å². The minimum absolute atomic E-state index is 0.122. The smallest absolute Gasteiger partial charge is 0.348 e. The Hall–Kier alpha value is -2.31. The summed E-state index contributed by atoms with van der Waals surface area (Å²) in [5.41, 5.74) is 1.86. The van der Waals surface area contributed by atoms with Gasteiger partial charge in [-0.2, -0.15) is 0 Å². The highest BCUT2D eigenvalue weighted by Crippen LogP contribution is 2.79. The molecule has 2 aromatic rings. The minimum Gasteiger partial charge on any atom is -0.348 e. The number of para-hydroxylation sites is 1. The zero-order valence-electron chi connectivity index (χ0n) is 16.7. The monoisotopic (exact) mass is 427 g/mol. The van der Waals surface area contributed by atoms with Crippen molar-refractivity contribution in [2.24, 2.45) is 11.8 Å². The van der Waals surface area contributed by atoms with Crippen molar-refractivity contribution in [2.75, 3.05) is 18.1 Å². The summed E-state index contributed by atoms with van der Waals surface area (Å²) in [5.74, 6) is -2.54. The van der Waals surface area contributed by atoms with Crippen LogP contribution in [0.2, 0.25) is 0 Å². The summed E-state index contributed by atoms with van der Waals surface area (Å²) in [7, 11) is -3.96. The predicted octanol–water partition coefficient (Wildman–Crippen LogP) is 4.00. The second-order valence-corrected chi connectivity index (χ2v) is 9.68. The first-order valence-corrected chi connectivity index (χ1v) is 11.6. The maximum absolute atomic E-state index is 14.1. The summed E-state index contributed by atoms with van der Waals surface area (Å²) >= 11 is 0. The van der Waals surface area contributed by atoms with Gasteiger partial charge < -0.3 is 13.8 Å². The highest BCUT2D eigenvalue weighted by atomic mass is 31.2. The van der Waals surface area contributed by atoms with Crippen molar-refractivity contribution in [1.82, 2.24) is 0 Å². The zero-order valence-corrected chi connectivity index (χ0v) is 17.6. The van der Waals surface area contributed by atoms with Crippen molar-refractivity contribution in [1.29, 1.82) is 0 Å². The number of rotatable bonds is 6. The zero-order chi connectivity index (χ0) is 21.1. The van der Waals surface area contributed by atoms with Crippen molar-refractivity contribution in [3.05, 3.63) is 65.7 Å².